The van der Waals surface area contributed by atoms with Crippen LogP contribution in [0.15, 0.2) is 17.8 Å². The molecule has 0 bridgehead atoms. The number of rotatable bonds is 2. The molecule has 4 nitrogen and oxygen atoms in total. The Morgan fingerprint density at radius 3 is 3.28 bits per heavy atom. The van der Waals surface area contributed by atoms with Gasteiger partial charge >= 0.3 is 0 Å². The van der Waals surface area contributed by atoms with Gasteiger partial charge in [0.25, 0.3) is 0 Å². The van der Waals surface area contributed by atoms with Crippen molar-refractivity contribution >= 4 is 17.2 Å². The van der Waals surface area contributed by atoms with Crippen LogP contribution in [-0.2, 0) is 24.2 Å². The van der Waals surface area contributed by atoms with Crippen LogP contribution in [-0.4, -0.2) is 27.3 Å². The number of nitrogens with zero attached hydrogens (tertiary/aromatic N) is 2. The number of aromatic nitrogens is 2. The Morgan fingerprint density at radius 1 is 1.61 bits per heavy atom. The molecule has 0 aromatic carbocycles. The second kappa shape index (κ2) is 4.57. The number of carbonyl (C=O) groups excluding carboxylic acids is 1. The first kappa shape index (κ1) is 11.5. The van der Waals surface area contributed by atoms with Crippen LogP contribution >= 0.6 is 11.3 Å². The van der Waals surface area contributed by atoms with E-state index in [0.29, 0.717) is 6.42 Å². The number of aryl methyl sites for hydroxylation is 1. The smallest absolute Gasteiger partial charge is 0.228 e. The fraction of sp³-hybridized carbons (Fsp3) is 0.385. The lowest BCUT2D eigenvalue weighted by Gasteiger charge is -2.26. The van der Waals surface area contributed by atoms with E-state index in [4.69, 9.17) is 0 Å². The second-order valence-corrected chi connectivity index (χ2v) is 5.59. The molecule has 0 saturated carbocycles. The summed E-state index contributed by atoms with van der Waals surface area (Å²) in [6.07, 6.45) is 3.03. The molecule has 0 atom stereocenters. The van der Waals surface area contributed by atoms with Gasteiger partial charge in [0.1, 0.15) is 0 Å². The Hall–Kier alpha value is -1.62. The number of H-pyrrole nitrogens is 1. The number of fused-ring (bicyclic) bond motifs is 1. The van der Waals surface area contributed by atoms with Crippen molar-refractivity contribution in [2.24, 2.45) is 0 Å². The van der Waals surface area contributed by atoms with Gasteiger partial charge in [0.2, 0.25) is 5.91 Å². The summed E-state index contributed by atoms with van der Waals surface area (Å²) in [5.41, 5.74) is 3.14. The number of imidazole rings is 1. The average Bonchev–Trinajstić information content (AvgIpc) is 2.98. The van der Waals surface area contributed by atoms with Gasteiger partial charge in [-0.05, 0) is 30.4 Å². The highest BCUT2D eigenvalue weighted by molar-refractivity contribution is 7.10. The molecule has 3 rings (SSSR count). The molecule has 0 saturated heterocycles. The molecule has 0 spiro atoms. The summed E-state index contributed by atoms with van der Waals surface area (Å²) < 4.78 is 0. The van der Waals surface area contributed by atoms with Crippen molar-refractivity contribution in [3.05, 3.63) is 39.6 Å². The summed E-state index contributed by atoms with van der Waals surface area (Å²) in [5, 5.41) is 2.11. The lowest BCUT2D eigenvalue weighted by atomic mass is 10.1. The highest BCUT2D eigenvalue weighted by Crippen LogP contribution is 2.24. The highest BCUT2D eigenvalue weighted by Gasteiger charge is 2.22. The first-order valence-corrected chi connectivity index (χ1v) is 6.94. The summed E-state index contributed by atoms with van der Waals surface area (Å²) in [7, 11) is 0. The van der Waals surface area contributed by atoms with Crippen molar-refractivity contribution in [1.29, 1.82) is 0 Å². The van der Waals surface area contributed by atoms with Crippen molar-refractivity contribution in [2.75, 3.05) is 6.54 Å². The van der Waals surface area contributed by atoms with E-state index < -0.39 is 0 Å². The number of hydrogen-bond donors (Lipinski definition) is 1. The molecule has 0 fully saturated rings. The van der Waals surface area contributed by atoms with E-state index >= 15 is 0 Å². The molecule has 1 aliphatic rings. The molecule has 94 valence electrons. The van der Waals surface area contributed by atoms with Gasteiger partial charge in [0.05, 0.1) is 18.4 Å². The van der Waals surface area contributed by atoms with Gasteiger partial charge in [-0.15, -0.1) is 11.3 Å². The number of amides is 1. The molecule has 1 amide bonds. The Bertz CT molecular complexity index is 572. The molecular formula is C13H15N3OS. The molecule has 2 aromatic heterocycles. The van der Waals surface area contributed by atoms with Crippen LogP contribution in [0, 0.1) is 6.92 Å². The van der Waals surface area contributed by atoms with Crippen LogP contribution in [0.5, 0.6) is 0 Å². The average molecular weight is 261 g/mol. The number of nitrogens with one attached hydrogen (secondary N) is 1. The largest absolute Gasteiger partial charge is 0.348 e. The van der Waals surface area contributed by atoms with Gasteiger partial charge < -0.3 is 9.88 Å². The van der Waals surface area contributed by atoms with Crippen LogP contribution < -0.4 is 0 Å². The molecule has 5 heteroatoms. The van der Waals surface area contributed by atoms with Crippen LogP contribution in [0.2, 0.25) is 0 Å². The van der Waals surface area contributed by atoms with Gasteiger partial charge in [0.15, 0.2) is 0 Å². The number of aromatic amines is 1. The normalized spacial score (nSPS) is 14.6. The predicted molar refractivity (Wildman–Crippen MR) is 70.5 cm³/mol. The van der Waals surface area contributed by atoms with Gasteiger partial charge in [-0.3, -0.25) is 4.79 Å². The Balaban J connectivity index is 1.70. The number of hydrogen-bond acceptors (Lipinski definition) is 3. The molecule has 18 heavy (non-hydrogen) atoms. The van der Waals surface area contributed by atoms with Crippen molar-refractivity contribution in [3.8, 4) is 0 Å². The van der Waals surface area contributed by atoms with Crippen LogP contribution in [0.1, 0.15) is 21.8 Å². The maximum atomic E-state index is 12.2. The molecule has 0 unspecified atom stereocenters. The van der Waals surface area contributed by atoms with Gasteiger partial charge in [-0.2, -0.15) is 0 Å². The van der Waals surface area contributed by atoms with E-state index in [1.54, 1.807) is 17.7 Å². The van der Waals surface area contributed by atoms with Gasteiger partial charge in [-0.1, -0.05) is 0 Å². The second-order valence-electron chi connectivity index (χ2n) is 4.59. The maximum absolute atomic E-state index is 12.2. The molecule has 0 aliphatic carbocycles. The predicted octanol–water partition coefficient (Wildman–Crippen LogP) is 1.91. The van der Waals surface area contributed by atoms with Gasteiger partial charge in [0, 0.05) is 23.7 Å². The van der Waals surface area contributed by atoms with E-state index in [0.717, 1.165) is 30.9 Å². The molecular weight excluding hydrogens is 246 g/mol. The fourth-order valence-electron chi connectivity index (χ4n) is 2.28. The minimum atomic E-state index is 0.169. The summed E-state index contributed by atoms with van der Waals surface area (Å²) in [4.78, 5) is 22.8. The third-order valence-electron chi connectivity index (χ3n) is 3.41. The van der Waals surface area contributed by atoms with E-state index in [9.17, 15) is 4.79 Å². The minimum absolute atomic E-state index is 0.169. The first-order valence-electron chi connectivity index (χ1n) is 6.06. The Morgan fingerprint density at radius 2 is 2.50 bits per heavy atom. The Labute approximate surface area is 110 Å². The summed E-state index contributed by atoms with van der Waals surface area (Å²) >= 11 is 1.79. The van der Waals surface area contributed by atoms with Gasteiger partial charge in [-0.25, -0.2) is 4.98 Å². The van der Waals surface area contributed by atoms with Crippen molar-refractivity contribution in [3.63, 3.8) is 0 Å². The SMILES string of the molecule is Cc1[nH]cnc1CC(=O)N1CCc2sccc2C1. The van der Waals surface area contributed by atoms with Crippen molar-refractivity contribution in [1.82, 2.24) is 14.9 Å². The van der Waals surface area contributed by atoms with Crippen LogP contribution in [0.25, 0.3) is 0 Å². The zero-order valence-corrected chi connectivity index (χ0v) is 11.1. The van der Waals surface area contributed by atoms with Crippen LogP contribution in [0.3, 0.4) is 0 Å². The lowest BCUT2D eigenvalue weighted by molar-refractivity contribution is -0.131. The zero-order chi connectivity index (χ0) is 12.5. The third kappa shape index (κ3) is 2.06. The highest BCUT2D eigenvalue weighted by atomic mass is 32.1. The topological polar surface area (TPSA) is 49.0 Å². The number of thiophene rings is 1. The zero-order valence-electron chi connectivity index (χ0n) is 10.3. The lowest BCUT2D eigenvalue weighted by Crippen LogP contribution is -2.36. The monoisotopic (exact) mass is 261 g/mol. The van der Waals surface area contributed by atoms with Crippen LogP contribution in [0.4, 0.5) is 0 Å². The maximum Gasteiger partial charge on any atom is 0.228 e. The fourth-order valence-corrected chi connectivity index (χ4v) is 3.17. The summed E-state index contributed by atoms with van der Waals surface area (Å²) in [6.45, 7) is 3.53. The summed E-state index contributed by atoms with van der Waals surface area (Å²) in [6, 6.07) is 2.12. The Kier molecular flexibility index (Phi) is 2.91. The first-order chi connectivity index (χ1) is 8.74. The third-order valence-corrected chi connectivity index (χ3v) is 4.44. The quantitative estimate of drug-likeness (QED) is 0.897. The van der Waals surface area contributed by atoms with E-state index in [2.05, 4.69) is 21.4 Å². The standard InChI is InChI=1S/C13H15N3OS/c1-9-11(15-8-14-9)6-13(17)16-4-2-12-10(7-16)3-5-18-12/h3,5,8H,2,4,6-7H2,1H3,(H,14,15). The molecule has 3 heterocycles. The van der Waals surface area contributed by atoms with Crippen molar-refractivity contribution in [2.45, 2.75) is 26.3 Å². The van der Waals surface area contributed by atoms with E-state index in [-0.39, 0.29) is 5.91 Å². The molecule has 2 aromatic rings. The molecule has 1 N–H and O–H groups in total. The van der Waals surface area contributed by atoms with E-state index in [1.165, 1.54) is 10.4 Å². The van der Waals surface area contributed by atoms with Crippen molar-refractivity contribution < 1.29 is 4.79 Å². The minimum Gasteiger partial charge on any atom is -0.348 e. The molecule has 0 radical (unpaired) electrons. The van der Waals surface area contributed by atoms with E-state index in [1.807, 2.05) is 11.8 Å². The summed E-state index contributed by atoms with van der Waals surface area (Å²) in [5.74, 6) is 0.169. The molecule has 1 aliphatic heterocycles. The number of carbonyl (C=O) groups is 1.